The third-order valence-corrected chi connectivity index (χ3v) is 5.96. The van der Waals surface area contributed by atoms with Gasteiger partial charge in [-0.3, -0.25) is 4.79 Å². The zero-order chi connectivity index (χ0) is 24.1. The maximum atomic E-state index is 13.4. The van der Waals surface area contributed by atoms with Crippen LogP contribution in [0.1, 0.15) is 18.1 Å². The molecule has 1 amide bonds. The lowest BCUT2D eigenvalue weighted by atomic mass is 10.0. The van der Waals surface area contributed by atoms with E-state index < -0.39 is 5.97 Å². The van der Waals surface area contributed by atoms with Crippen LogP contribution in [-0.2, 0) is 20.7 Å². The first-order valence-electron chi connectivity index (χ1n) is 10.2. The first-order valence-corrected chi connectivity index (χ1v) is 11.0. The van der Waals surface area contributed by atoms with Gasteiger partial charge in [-0.25, -0.2) is 4.79 Å². The number of halogens is 1. The topological polar surface area (TPSA) is 74.3 Å². The summed E-state index contributed by atoms with van der Waals surface area (Å²) in [6.07, 6.45) is 2.23. The molecule has 0 aliphatic carbocycles. The summed E-state index contributed by atoms with van der Waals surface area (Å²) in [4.78, 5) is 27.6. The van der Waals surface area contributed by atoms with Crippen molar-refractivity contribution in [3.05, 3.63) is 68.8 Å². The number of allylic oxidation sites excluding steroid dienone is 1. The molecule has 0 unspecified atom stereocenters. The number of methoxy groups -OCH3 is 4. The second-order valence-corrected chi connectivity index (χ2v) is 8.21. The lowest BCUT2D eigenvalue weighted by Crippen LogP contribution is -2.27. The minimum atomic E-state index is -0.560. The fourth-order valence-corrected chi connectivity index (χ4v) is 4.13. The van der Waals surface area contributed by atoms with Gasteiger partial charge in [-0.1, -0.05) is 22.0 Å². The number of carbonyl (C=O) groups is 2. The Kier molecular flexibility index (Phi) is 7.81. The Morgan fingerprint density at radius 2 is 1.64 bits per heavy atom. The summed E-state index contributed by atoms with van der Waals surface area (Å²) in [5.74, 6) is 1.01. The molecule has 1 aliphatic rings. The predicted molar refractivity (Wildman–Crippen MR) is 128 cm³/mol. The smallest absolute Gasteiger partial charge is 0.340 e. The van der Waals surface area contributed by atoms with E-state index in [0.717, 1.165) is 10.0 Å². The largest absolute Gasteiger partial charge is 0.496 e. The molecule has 0 spiro atoms. The summed E-state index contributed by atoms with van der Waals surface area (Å²) in [7, 11) is 6.02. The Morgan fingerprint density at radius 1 is 0.970 bits per heavy atom. The average Bonchev–Trinajstić information content (AvgIpc) is 3.05. The fraction of sp³-hybridized carbons (Fsp3) is 0.280. The molecule has 0 N–H and O–H groups in total. The molecule has 1 aliphatic heterocycles. The van der Waals surface area contributed by atoms with Crippen LogP contribution in [0.4, 0.5) is 0 Å². The third-order valence-electron chi connectivity index (χ3n) is 5.46. The Labute approximate surface area is 201 Å². The highest BCUT2D eigenvalue weighted by molar-refractivity contribution is 9.10. The highest BCUT2D eigenvalue weighted by Gasteiger charge is 2.37. The molecule has 3 rings (SSSR count). The van der Waals surface area contributed by atoms with E-state index in [4.69, 9.17) is 18.9 Å². The van der Waals surface area contributed by atoms with Crippen molar-refractivity contribution >= 4 is 33.9 Å². The second kappa shape index (κ2) is 10.6. The monoisotopic (exact) mass is 515 g/mol. The van der Waals surface area contributed by atoms with Crippen LogP contribution in [0.25, 0.3) is 6.08 Å². The Balaban J connectivity index is 1.95. The van der Waals surface area contributed by atoms with Gasteiger partial charge in [0.05, 0.1) is 39.6 Å². The molecule has 7 nitrogen and oxygen atoms in total. The summed E-state index contributed by atoms with van der Waals surface area (Å²) < 4.78 is 21.9. The third kappa shape index (κ3) is 5.06. The maximum absolute atomic E-state index is 13.4. The molecule has 8 heteroatoms. The number of hydrogen-bond donors (Lipinski definition) is 0. The molecule has 0 fully saturated rings. The van der Waals surface area contributed by atoms with Crippen molar-refractivity contribution in [1.82, 2.24) is 4.90 Å². The first kappa shape index (κ1) is 24.4. The standard InChI is InChI=1S/C25H26BrNO6/c1-15-23(25(29)33-5)19(14-17-13-18(26)7-9-20(17)30-2)24(28)27(15)11-10-16-6-8-21(31-3)22(12-16)32-4/h6-9,12-14H,10-11H2,1-5H3/b19-14-. The summed E-state index contributed by atoms with van der Waals surface area (Å²) in [6.45, 7) is 2.13. The van der Waals surface area contributed by atoms with Crippen molar-refractivity contribution in [3.63, 3.8) is 0 Å². The van der Waals surface area contributed by atoms with Crippen LogP contribution >= 0.6 is 15.9 Å². The zero-order valence-corrected chi connectivity index (χ0v) is 20.8. The van der Waals surface area contributed by atoms with Crippen LogP contribution in [-0.4, -0.2) is 51.8 Å². The van der Waals surface area contributed by atoms with Crippen molar-refractivity contribution in [1.29, 1.82) is 0 Å². The van der Waals surface area contributed by atoms with E-state index in [1.807, 2.05) is 30.3 Å². The predicted octanol–water partition coefficient (Wildman–Crippen LogP) is 4.39. The number of nitrogens with zero attached hydrogens (tertiary/aromatic N) is 1. The minimum absolute atomic E-state index is 0.247. The number of amides is 1. The summed E-state index contributed by atoms with van der Waals surface area (Å²) in [5.41, 5.74) is 2.71. The summed E-state index contributed by atoms with van der Waals surface area (Å²) in [5, 5.41) is 0. The van der Waals surface area contributed by atoms with Crippen LogP contribution < -0.4 is 14.2 Å². The van der Waals surface area contributed by atoms with Crippen LogP contribution in [0, 0.1) is 0 Å². The Bertz CT molecular complexity index is 1140. The number of esters is 1. The van der Waals surface area contributed by atoms with Crippen molar-refractivity contribution in [3.8, 4) is 17.2 Å². The molecular formula is C25H26BrNO6. The van der Waals surface area contributed by atoms with Gasteiger partial charge in [0.1, 0.15) is 5.75 Å². The highest BCUT2D eigenvalue weighted by atomic mass is 79.9. The van der Waals surface area contributed by atoms with Gasteiger partial charge in [0.15, 0.2) is 11.5 Å². The van der Waals surface area contributed by atoms with Gasteiger partial charge >= 0.3 is 5.97 Å². The van der Waals surface area contributed by atoms with Crippen molar-refractivity contribution in [2.24, 2.45) is 0 Å². The van der Waals surface area contributed by atoms with E-state index in [2.05, 4.69) is 15.9 Å². The Hall–Kier alpha value is -3.26. The van der Waals surface area contributed by atoms with Gasteiger partial charge in [-0.05, 0) is 55.3 Å². The quantitative estimate of drug-likeness (QED) is 0.383. The molecule has 0 bridgehead atoms. The van der Waals surface area contributed by atoms with Crippen LogP contribution in [0.3, 0.4) is 0 Å². The molecule has 0 radical (unpaired) electrons. The molecule has 2 aromatic rings. The van der Waals surface area contributed by atoms with Gasteiger partial charge < -0.3 is 23.8 Å². The molecule has 0 atom stereocenters. The van der Waals surface area contributed by atoms with Gasteiger partial charge in [-0.15, -0.1) is 0 Å². The molecule has 33 heavy (non-hydrogen) atoms. The number of hydrogen-bond acceptors (Lipinski definition) is 6. The molecule has 174 valence electrons. The Morgan fingerprint density at radius 3 is 2.27 bits per heavy atom. The number of rotatable bonds is 8. The van der Waals surface area contributed by atoms with E-state index in [9.17, 15) is 9.59 Å². The first-order chi connectivity index (χ1) is 15.8. The number of ether oxygens (including phenoxy) is 4. The van der Waals surface area contributed by atoms with Gasteiger partial charge in [0.25, 0.3) is 5.91 Å². The minimum Gasteiger partial charge on any atom is -0.496 e. The van der Waals surface area contributed by atoms with E-state index in [1.54, 1.807) is 45.3 Å². The zero-order valence-electron chi connectivity index (χ0n) is 19.2. The summed E-state index contributed by atoms with van der Waals surface area (Å²) in [6, 6.07) is 11.1. The molecule has 0 aromatic heterocycles. The van der Waals surface area contributed by atoms with Crippen LogP contribution in [0.15, 0.2) is 57.7 Å². The fourth-order valence-electron chi connectivity index (χ4n) is 3.75. The lowest BCUT2D eigenvalue weighted by molar-refractivity contribution is -0.136. The highest BCUT2D eigenvalue weighted by Crippen LogP contribution is 2.35. The van der Waals surface area contributed by atoms with Gasteiger partial charge in [0, 0.05) is 22.3 Å². The summed E-state index contributed by atoms with van der Waals surface area (Å²) >= 11 is 3.44. The number of carbonyl (C=O) groups excluding carboxylic acids is 2. The SMILES string of the molecule is COC(=O)C1=C(C)N(CCc2ccc(OC)c(OC)c2)C(=O)/C1=C\c1cc(Br)ccc1OC. The van der Waals surface area contributed by atoms with Crippen LogP contribution in [0.2, 0.25) is 0 Å². The molecule has 1 heterocycles. The normalized spacial score (nSPS) is 14.7. The van der Waals surface area contributed by atoms with E-state index >= 15 is 0 Å². The maximum Gasteiger partial charge on any atom is 0.340 e. The van der Waals surface area contributed by atoms with Crippen molar-refractivity contribution in [2.45, 2.75) is 13.3 Å². The van der Waals surface area contributed by atoms with E-state index in [0.29, 0.717) is 41.5 Å². The number of benzene rings is 2. The van der Waals surface area contributed by atoms with Gasteiger partial charge in [0.2, 0.25) is 0 Å². The molecule has 0 saturated heterocycles. The molecule has 0 saturated carbocycles. The molecule has 2 aromatic carbocycles. The lowest BCUT2D eigenvalue weighted by Gasteiger charge is -2.18. The average molecular weight is 516 g/mol. The van der Waals surface area contributed by atoms with Crippen molar-refractivity contribution in [2.75, 3.05) is 35.0 Å². The molecular weight excluding hydrogens is 490 g/mol. The van der Waals surface area contributed by atoms with E-state index in [1.165, 1.54) is 7.11 Å². The van der Waals surface area contributed by atoms with E-state index in [-0.39, 0.29) is 17.1 Å². The van der Waals surface area contributed by atoms with Crippen molar-refractivity contribution < 1.29 is 28.5 Å². The second-order valence-electron chi connectivity index (χ2n) is 7.29. The van der Waals surface area contributed by atoms with Gasteiger partial charge in [-0.2, -0.15) is 0 Å². The van der Waals surface area contributed by atoms with Crippen LogP contribution in [0.5, 0.6) is 17.2 Å².